The van der Waals surface area contributed by atoms with E-state index in [0.29, 0.717) is 16.8 Å². The highest BCUT2D eigenvalue weighted by Crippen LogP contribution is 2.34. The van der Waals surface area contributed by atoms with Gasteiger partial charge in [-0.25, -0.2) is 9.59 Å². The van der Waals surface area contributed by atoms with Crippen LogP contribution in [0.2, 0.25) is 0 Å². The fourth-order valence-corrected chi connectivity index (χ4v) is 2.76. The van der Waals surface area contributed by atoms with Crippen LogP contribution < -0.4 is 14.8 Å². The monoisotopic (exact) mass is 444 g/mol. The van der Waals surface area contributed by atoms with Crippen LogP contribution in [0.3, 0.4) is 0 Å². The molecule has 0 bridgehead atoms. The molecule has 0 unspecified atom stereocenters. The SMILES string of the molecule is CCOC(=O)/C(C)=C\c1ccccc1NC(=O)OCc1cc(OC)c(OC)cc1[N+](=O)[O-]. The maximum Gasteiger partial charge on any atom is 0.411 e. The van der Waals surface area contributed by atoms with E-state index in [1.165, 1.54) is 26.4 Å². The fourth-order valence-electron chi connectivity index (χ4n) is 2.76. The quantitative estimate of drug-likeness (QED) is 0.262. The number of benzene rings is 2. The summed E-state index contributed by atoms with van der Waals surface area (Å²) in [6.07, 6.45) is 0.746. The number of rotatable bonds is 9. The molecule has 10 nitrogen and oxygen atoms in total. The molecule has 0 saturated heterocycles. The Bertz CT molecular complexity index is 1030. The summed E-state index contributed by atoms with van der Waals surface area (Å²) in [4.78, 5) is 35.0. The van der Waals surface area contributed by atoms with E-state index in [9.17, 15) is 19.7 Å². The number of methoxy groups -OCH3 is 2. The lowest BCUT2D eigenvalue weighted by Crippen LogP contribution is -2.15. The van der Waals surface area contributed by atoms with Crippen molar-refractivity contribution in [2.24, 2.45) is 0 Å². The van der Waals surface area contributed by atoms with E-state index < -0.39 is 17.0 Å². The molecule has 0 heterocycles. The summed E-state index contributed by atoms with van der Waals surface area (Å²) in [5.74, 6) is -0.0160. The number of carbonyl (C=O) groups is 2. The van der Waals surface area contributed by atoms with Gasteiger partial charge in [0.15, 0.2) is 11.5 Å². The minimum Gasteiger partial charge on any atom is -0.493 e. The number of esters is 1. The maximum atomic E-state index is 12.3. The molecule has 0 saturated carbocycles. The van der Waals surface area contributed by atoms with E-state index in [-0.39, 0.29) is 36.0 Å². The number of anilines is 1. The summed E-state index contributed by atoms with van der Waals surface area (Å²) in [5.41, 5.74) is 1.17. The third-order valence-corrected chi connectivity index (χ3v) is 4.31. The zero-order valence-corrected chi connectivity index (χ0v) is 18.2. The Labute approximate surface area is 184 Å². The second kappa shape index (κ2) is 11.3. The summed E-state index contributed by atoms with van der Waals surface area (Å²) in [6.45, 7) is 3.18. The lowest BCUT2D eigenvalue weighted by atomic mass is 10.1. The van der Waals surface area contributed by atoms with E-state index in [1.54, 1.807) is 44.2 Å². The third kappa shape index (κ3) is 6.21. The van der Waals surface area contributed by atoms with Crippen LogP contribution in [0.15, 0.2) is 42.0 Å². The van der Waals surface area contributed by atoms with Crippen LogP contribution in [0, 0.1) is 10.1 Å². The van der Waals surface area contributed by atoms with E-state index in [1.807, 2.05) is 0 Å². The van der Waals surface area contributed by atoms with Crippen molar-refractivity contribution < 1.29 is 33.5 Å². The molecule has 10 heteroatoms. The predicted octanol–water partition coefficient (Wildman–Crippen LogP) is 4.33. The average Bonchev–Trinajstić information content (AvgIpc) is 2.78. The molecule has 2 rings (SSSR count). The van der Waals surface area contributed by atoms with E-state index in [4.69, 9.17) is 18.9 Å². The Kier molecular flexibility index (Phi) is 8.58. The summed E-state index contributed by atoms with van der Waals surface area (Å²) < 4.78 is 20.4. The highest BCUT2D eigenvalue weighted by Gasteiger charge is 2.21. The molecule has 2 aromatic rings. The largest absolute Gasteiger partial charge is 0.493 e. The molecule has 0 aliphatic heterocycles. The van der Waals surface area contributed by atoms with Gasteiger partial charge in [0, 0.05) is 5.57 Å². The molecule has 0 aromatic heterocycles. The number of nitro benzene ring substituents is 1. The van der Waals surface area contributed by atoms with Crippen LogP contribution in [0.5, 0.6) is 11.5 Å². The van der Waals surface area contributed by atoms with Crippen LogP contribution in [0.1, 0.15) is 25.0 Å². The first-order chi connectivity index (χ1) is 15.3. The summed E-state index contributed by atoms with van der Waals surface area (Å²) in [6, 6.07) is 9.36. The molecule has 0 aliphatic carbocycles. The Balaban J connectivity index is 2.17. The van der Waals surface area contributed by atoms with Crippen LogP contribution in [0.25, 0.3) is 6.08 Å². The number of ether oxygens (including phenoxy) is 4. The van der Waals surface area contributed by atoms with Crippen LogP contribution in [-0.4, -0.2) is 37.8 Å². The minimum absolute atomic E-state index is 0.133. The second-order valence-corrected chi connectivity index (χ2v) is 6.43. The number of hydrogen-bond acceptors (Lipinski definition) is 8. The lowest BCUT2D eigenvalue weighted by molar-refractivity contribution is -0.385. The van der Waals surface area contributed by atoms with Crippen LogP contribution >= 0.6 is 0 Å². The Morgan fingerprint density at radius 2 is 1.75 bits per heavy atom. The number of amides is 1. The van der Waals surface area contributed by atoms with Gasteiger partial charge >= 0.3 is 12.1 Å². The van der Waals surface area contributed by atoms with Crippen molar-refractivity contribution in [3.63, 3.8) is 0 Å². The molecule has 1 N–H and O–H groups in total. The Morgan fingerprint density at radius 3 is 2.38 bits per heavy atom. The first-order valence-corrected chi connectivity index (χ1v) is 9.58. The van der Waals surface area contributed by atoms with Gasteiger partial charge < -0.3 is 18.9 Å². The van der Waals surface area contributed by atoms with Crippen molar-refractivity contribution in [2.75, 3.05) is 26.1 Å². The van der Waals surface area contributed by atoms with Crippen molar-refractivity contribution in [2.45, 2.75) is 20.5 Å². The smallest absolute Gasteiger partial charge is 0.411 e. The summed E-state index contributed by atoms with van der Waals surface area (Å²) >= 11 is 0. The van der Waals surface area contributed by atoms with Crippen LogP contribution in [0.4, 0.5) is 16.2 Å². The van der Waals surface area contributed by atoms with E-state index in [0.717, 1.165) is 0 Å². The standard InChI is InChI=1S/C22H24N2O8/c1-5-31-21(25)14(2)10-15-8-6-7-9-17(15)23-22(26)32-13-16-11-19(29-3)20(30-4)12-18(16)24(27)28/h6-12H,5,13H2,1-4H3,(H,23,26)/b14-10-. The molecule has 0 radical (unpaired) electrons. The van der Waals surface area contributed by atoms with E-state index in [2.05, 4.69) is 5.32 Å². The predicted molar refractivity (Wildman–Crippen MR) is 117 cm³/mol. The van der Waals surface area contributed by atoms with Gasteiger partial charge in [0.1, 0.15) is 6.61 Å². The molecule has 170 valence electrons. The highest BCUT2D eigenvalue weighted by molar-refractivity contribution is 5.95. The molecule has 0 spiro atoms. The number of nitrogens with one attached hydrogen (secondary N) is 1. The fraction of sp³-hybridized carbons (Fsp3) is 0.273. The normalized spacial score (nSPS) is 10.8. The van der Waals surface area contributed by atoms with Crippen molar-refractivity contribution in [3.8, 4) is 11.5 Å². The van der Waals surface area contributed by atoms with E-state index >= 15 is 0 Å². The number of hydrogen-bond donors (Lipinski definition) is 1. The minimum atomic E-state index is -0.830. The molecule has 32 heavy (non-hydrogen) atoms. The van der Waals surface area contributed by atoms with Gasteiger partial charge in [0.05, 0.1) is 43.1 Å². The van der Waals surface area contributed by atoms with Gasteiger partial charge in [-0.2, -0.15) is 0 Å². The van der Waals surface area contributed by atoms with Crippen molar-refractivity contribution in [1.29, 1.82) is 0 Å². The van der Waals surface area contributed by atoms with Crippen molar-refractivity contribution in [1.82, 2.24) is 0 Å². The molecule has 0 fully saturated rings. The molecule has 1 amide bonds. The lowest BCUT2D eigenvalue weighted by Gasteiger charge is -2.12. The first-order valence-electron chi connectivity index (χ1n) is 9.58. The zero-order chi connectivity index (χ0) is 23.7. The molecular formula is C22H24N2O8. The number of nitrogens with zero attached hydrogens (tertiary/aromatic N) is 1. The maximum absolute atomic E-state index is 12.3. The summed E-state index contributed by atoms with van der Waals surface area (Å²) in [5, 5.41) is 14.0. The molecule has 0 atom stereocenters. The van der Waals surface area contributed by atoms with Crippen molar-refractivity contribution >= 4 is 29.5 Å². The molecule has 2 aromatic carbocycles. The highest BCUT2D eigenvalue weighted by atomic mass is 16.6. The third-order valence-electron chi connectivity index (χ3n) is 4.31. The number of nitro groups is 1. The van der Waals surface area contributed by atoms with Gasteiger partial charge in [-0.1, -0.05) is 18.2 Å². The van der Waals surface area contributed by atoms with Gasteiger partial charge in [-0.3, -0.25) is 15.4 Å². The van der Waals surface area contributed by atoms with Gasteiger partial charge in [-0.05, 0) is 37.6 Å². The second-order valence-electron chi connectivity index (χ2n) is 6.43. The molecular weight excluding hydrogens is 420 g/mol. The Hall–Kier alpha value is -4.08. The van der Waals surface area contributed by atoms with Gasteiger partial charge in [0.25, 0.3) is 5.69 Å². The zero-order valence-electron chi connectivity index (χ0n) is 18.2. The summed E-state index contributed by atoms with van der Waals surface area (Å²) in [7, 11) is 2.75. The topological polar surface area (TPSA) is 126 Å². The van der Waals surface area contributed by atoms with Gasteiger partial charge in [0.2, 0.25) is 0 Å². The number of carbonyl (C=O) groups excluding carboxylic acids is 2. The first kappa shape index (κ1) is 24.2. The average molecular weight is 444 g/mol. The molecule has 0 aliphatic rings. The van der Waals surface area contributed by atoms with Crippen LogP contribution in [-0.2, 0) is 20.9 Å². The number of para-hydroxylation sites is 1. The van der Waals surface area contributed by atoms with Gasteiger partial charge in [-0.15, -0.1) is 0 Å². The Morgan fingerprint density at radius 1 is 1.09 bits per heavy atom. The van der Waals surface area contributed by atoms with Crippen molar-refractivity contribution in [3.05, 3.63) is 63.2 Å².